The first-order valence-corrected chi connectivity index (χ1v) is 10.1. The Morgan fingerprint density at radius 3 is 2.41 bits per heavy atom. The summed E-state index contributed by atoms with van der Waals surface area (Å²) in [7, 11) is 1.97. The van der Waals surface area contributed by atoms with E-state index in [0.717, 1.165) is 16.6 Å². The number of fused-ring (bicyclic) bond motifs is 1. The van der Waals surface area contributed by atoms with Gasteiger partial charge in [-0.1, -0.05) is 58.4 Å². The molecule has 146 valence electrons. The predicted octanol–water partition coefficient (Wildman–Crippen LogP) is 5.56. The Morgan fingerprint density at radius 1 is 0.966 bits per heavy atom. The number of nitrogens with zero attached hydrogens (tertiary/aromatic N) is 1. The van der Waals surface area contributed by atoms with Crippen molar-refractivity contribution < 1.29 is 9.52 Å². The van der Waals surface area contributed by atoms with E-state index in [-0.39, 0.29) is 11.2 Å². The lowest BCUT2D eigenvalue weighted by atomic mass is 10.0. The number of benzene rings is 3. The van der Waals surface area contributed by atoms with Crippen molar-refractivity contribution in [1.82, 2.24) is 4.90 Å². The molecule has 5 heteroatoms. The maximum Gasteiger partial charge on any atom is 0.200 e. The van der Waals surface area contributed by atoms with Gasteiger partial charge in [0.2, 0.25) is 5.43 Å². The maximum atomic E-state index is 13.1. The number of phenolic OH excluding ortho intramolecular Hbond substituents is 1. The number of halogens is 1. The van der Waals surface area contributed by atoms with Crippen LogP contribution in [0.4, 0.5) is 0 Å². The predicted molar refractivity (Wildman–Crippen MR) is 119 cm³/mol. The van der Waals surface area contributed by atoms with Crippen molar-refractivity contribution in [2.24, 2.45) is 0 Å². The van der Waals surface area contributed by atoms with Crippen molar-refractivity contribution in [3.05, 3.63) is 98.8 Å². The molecule has 0 saturated heterocycles. The van der Waals surface area contributed by atoms with E-state index in [1.54, 1.807) is 12.1 Å². The Hall–Kier alpha value is -2.89. The minimum atomic E-state index is -0.111. The van der Waals surface area contributed by atoms with Crippen molar-refractivity contribution in [3.63, 3.8) is 0 Å². The second-order valence-electron chi connectivity index (χ2n) is 7.08. The molecule has 0 bridgehead atoms. The van der Waals surface area contributed by atoms with Crippen LogP contribution in [0.5, 0.6) is 5.75 Å². The molecule has 1 N–H and O–H groups in total. The highest BCUT2D eigenvalue weighted by Gasteiger charge is 2.16. The lowest BCUT2D eigenvalue weighted by molar-refractivity contribution is 0.312. The van der Waals surface area contributed by atoms with E-state index < -0.39 is 0 Å². The Kier molecular flexibility index (Phi) is 5.51. The van der Waals surface area contributed by atoms with Crippen LogP contribution in [0.3, 0.4) is 0 Å². The molecule has 0 aliphatic heterocycles. The molecule has 4 nitrogen and oxygen atoms in total. The maximum absolute atomic E-state index is 13.1. The third-order valence-corrected chi connectivity index (χ3v) is 5.43. The van der Waals surface area contributed by atoms with Gasteiger partial charge in [-0.05, 0) is 42.4 Å². The van der Waals surface area contributed by atoms with Crippen LogP contribution in [0, 0.1) is 0 Å². The van der Waals surface area contributed by atoms with E-state index in [0.29, 0.717) is 28.6 Å². The summed E-state index contributed by atoms with van der Waals surface area (Å²) < 4.78 is 6.82. The molecule has 0 aliphatic carbocycles. The third-order valence-electron chi connectivity index (χ3n) is 4.90. The summed E-state index contributed by atoms with van der Waals surface area (Å²) in [5.74, 6) is 0.122. The van der Waals surface area contributed by atoms with Gasteiger partial charge in [-0.3, -0.25) is 9.69 Å². The highest BCUT2D eigenvalue weighted by atomic mass is 79.9. The third kappa shape index (κ3) is 4.11. The largest absolute Gasteiger partial charge is 0.507 e. The smallest absolute Gasteiger partial charge is 0.200 e. The highest BCUT2D eigenvalue weighted by molar-refractivity contribution is 9.10. The van der Waals surface area contributed by atoms with E-state index >= 15 is 0 Å². The lowest BCUT2D eigenvalue weighted by Gasteiger charge is -2.18. The zero-order valence-corrected chi connectivity index (χ0v) is 17.5. The first-order valence-electron chi connectivity index (χ1n) is 9.27. The van der Waals surface area contributed by atoms with Gasteiger partial charge in [0.05, 0.1) is 16.5 Å². The number of rotatable bonds is 5. The lowest BCUT2D eigenvalue weighted by Crippen LogP contribution is -2.18. The second-order valence-corrected chi connectivity index (χ2v) is 8.00. The van der Waals surface area contributed by atoms with Gasteiger partial charge in [0.25, 0.3) is 0 Å². The van der Waals surface area contributed by atoms with Crippen molar-refractivity contribution >= 4 is 26.9 Å². The molecule has 0 unspecified atom stereocenters. The van der Waals surface area contributed by atoms with Gasteiger partial charge >= 0.3 is 0 Å². The van der Waals surface area contributed by atoms with Crippen LogP contribution in [-0.2, 0) is 13.1 Å². The van der Waals surface area contributed by atoms with Crippen LogP contribution in [0.2, 0.25) is 0 Å². The van der Waals surface area contributed by atoms with Crippen molar-refractivity contribution in [1.29, 1.82) is 0 Å². The van der Waals surface area contributed by atoms with Crippen LogP contribution in [0.15, 0.2) is 86.7 Å². The average Bonchev–Trinajstić information content (AvgIpc) is 2.72. The standard InChI is InChI=1S/C24H20BrNO3/c1-26(13-16-5-3-2-4-6-16)14-20-22(27)12-11-19-23(28)21(15-29-24(19)20)17-7-9-18(25)10-8-17/h2-12,15,27H,13-14H2,1H3. The van der Waals surface area contributed by atoms with Crippen LogP contribution >= 0.6 is 15.9 Å². The van der Waals surface area contributed by atoms with Crippen LogP contribution in [0.25, 0.3) is 22.1 Å². The highest BCUT2D eigenvalue weighted by Crippen LogP contribution is 2.29. The zero-order chi connectivity index (χ0) is 20.4. The Morgan fingerprint density at radius 2 is 1.69 bits per heavy atom. The normalized spacial score (nSPS) is 11.3. The average molecular weight is 450 g/mol. The Balaban J connectivity index is 1.71. The van der Waals surface area contributed by atoms with E-state index in [2.05, 4.69) is 33.0 Å². The summed E-state index contributed by atoms with van der Waals surface area (Å²) in [5.41, 5.74) is 3.39. The minimum absolute atomic E-state index is 0.111. The van der Waals surface area contributed by atoms with Gasteiger partial charge in [0.1, 0.15) is 17.6 Å². The molecular weight excluding hydrogens is 430 g/mol. The summed E-state index contributed by atoms with van der Waals surface area (Å²) in [5, 5.41) is 10.9. The molecule has 0 aliphatic rings. The second kappa shape index (κ2) is 8.23. The van der Waals surface area contributed by atoms with E-state index in [1.165, 1.54) is 11.8 Å². The Bertz CT molecular complexity index is 1200. The van der Waals surface area contributed by atoms with E-state index in [9.17, 15) is 9.90 Å². The van der Waals surface area contributed by atoms with Gasteiger partial charge in [-0.15, -0.1) is 0 Å². The molecule has 3 aromatic carbocycles. The van der Waals surface area contributed by atoms with Crippen molar-refractivity contribution in [3.8, 4) is 16.9 Å². The van der Waals surface area contributed by atoms with Gasteiger partial charge < -0.3 is 9.52 Å². The fraction of sp³-hybridized carbons (Fsp3) is 0.125. The molecule has 0 fully saturated rings. The molecule has 4 rings (SSSR count). The molecule has 0 spiro atoms. The number of hydrogen-bond acceptors (Lipinski definition) is 4. The summed E-state index contributed by atoms with van der Waals surface area (Å²) in [6.45, 7) is 1.18. The first-order chi connectivity index (χ1) is 14.0. The molecule has 4 aromatic rings. The topological polar surface area (TPSA) is 53.7 Å². The van der Waals surface area contributed by atoms with Gasteiger partial charge in [-0.2, -0.15) is 0 Å². The Labute approximate surface area is 177 Å². The van der Waals surface area contributed by atoms with Gasteiger partial charge in [-0.25, -0.2) is 0 Å². The van der Waals surface area contributed by atoms with Gasteiger partial charge in [0, 0.05) is 17.6 Å². The molecule has 29 heavy (non-hydrogen) atoms. The first kappa shape index (κ1) is 19.4. The zero-order valence-electron chi connectivity index (χ0n) is 15.9. The van der Waals surface area contributed by atoms with Crippen molar-refractivity contribution in [2.75, 3.05) is 7.05 Å². The molecule has 0 saturated carbocycles. The molecule has 0 amide bonds. The molecule has 1 aromatic heterocycles. The van der Waals surface area contributed by atoms with Crippen molar-refractivity contribution in [2.45, 2.75) is 13.1 Å². The fourth-order valence-electron chi connectivity index (χ4n) is 3.45. The van der Waals surface area contributed by atoms with Crippen LogP contribution < -0.4 is 5.43 Å². The van der Waals surface area contributed by atoms with Crippen LogP contribution in [0.1, 0.15) is 11.1 Å². The molecule has 0 atom stereocenters. The summed E-state index contributed by atoms with van der Waals surface area (Å²) in [4.78, 5) is 15.2. The molecular formula is C24H20BrNO3. The summed E-state index contributed by atoms with van der Waals surface area (Å²) >= 11 is 3.41. The fourth-order valence-corrected chi connectivity index (χ4v) is 3.71. The number of hydrogen-bond donors (Lipinski definition) is 1. The van der Waals surface area contributed by atoms with Gasteiger partial charge in [0.15, 0.2) is 0 Å². The van der Waals surface area contributed by atoms with Crippen LogP contribution in [-0.4, -0.2) is 17.1 Å². The molecule has 1 heterocycles. The minimum Gasteiger partial charge on any atom is -0.507 e. The quantitative estimate of drug-likeness (QED) is 0.433. The van der Waals surface area contributed by atoms with E-state index in [4.69, 9.17) is 4.42 Å². The summed E-state index contributed by atoms with van der Waals surface area (Å²) in [6, 6.07) is 20.8. The SMILES string of the molecule is CN(Cc1ccccc1)Cc1c(O)ccc2c(=O)c(-c3ccc(Br)cc3)coc12. The number of phenols is 1. The number of aromatic hydroxyl groups is 1. The molecule has 0 radical (unpaired) electrons. The monoisotopic (exact) mass is 449 g/mol. The summed E-state index contributed by atoms with van der Waals surface area (Å²) in [6.07, 6.45) is 1.48. The van der Waals surface area contributed by atoms with E-state index in [1.807, 2.05) is 49.5 Å².